The Labute approximate surface area is 385 Å². The molecule has 0 atom stereocenters. The van der Waals surface area contributed by atoms with E-state index in [1.54, 1.807) is 0 Å². The summed E-state index contributed by atoms with van der Waals surface area (Å²) < 4.78 is 9.24. The van der Waals surface area contributed by atoms with Gasteiger partial charge in [0.1, 0.15) is 17.3 Å². The number of nitrogens with one attached hydrogen (secondary N) is 1. The highest BCUT2D eigenvalue weighted by atomic mass is 16.5. The topological polar surface area (TPSA) is 42.3 Å². The molecule has 326 valence electrons. The monoisotopic (exact) mass is 852 g/mol. The van der Waals surface area contributed by atoms with Crippen LogP contribution in [0.5, 0.6) is 11.5 Å². The number of hydrogen-bond donors (Lipinski definition) is 1. The van der Waals surface area contributed by atoms with Crippen LogP contribution in [0.1, 0.15) is 79.0 Å². The molecule has 0 spiro atoms. The molecule has 0 radical (unpaired) electrons. The summed E-state index contributed by atoms with van der Waals surface area (Å²) >= 11 is 0. The summed E-state index contributed by atoms with van der Waals surface area (Å²) in [5.74, 6) is 2.41. The van der Waals surface area contributed by atoms with E-state index in [9.17, 15) is 0 Å². The van der Waals surface area contributed by atoms with Crippen LogP contribution in [-0.2, 0) is 16.2 Å². The molecule has 0 unspecified atom stereocenters. The quantitative estimate of drug-likeness (QED) is 0.157. The van der Waals surface area contributed by atoms with Crippen molar-refractivity contribution >= 4 is 44.6 Å². The second-order valence-corrected chi connectivity index (χ2v) is 20.4. The molecule has 0 amide bonds. The minimum absolute atomic E-state index is 0.0252. The van der Waals surface area contributed by atoms with E-state index in [0.29, 0.717) is 0 Å². The van der Waals surface area contributed by atoms with E-state index in [1.807, 2.05) is 6.20 Å². The summed E-state index contributed by atoms with van der Waals surface area (Å²) in [5.41, 5.74) is 14.5. The highest BCUT2D eigenvalue weighted by Crippen LogP contribution is 2.42. The summed E-state index contributed by atoms with van der Waals surface area (Å²) in [4.78, 5) is 7.23. The number of pyridine rings is 1. The molecule has 2 aromatic heterocycles. The van der Waals surface area contributed by atoms with Crippen molar-refractivity contribution < 1.29 is 4.74 Å². The largest absolute Gasteiger partial charge is 0.457 e. The third kappa shape index (κ3) is 9.01. The number of benzene rings is 7. The summed E-state index contributed by atoms with van der Waals surface area (Å²) in [6.07, 6.45) is 1.93. The molecular formula is C60H60N4O. The molecule has 9 aromatic rings. The minimum atomic E-state index is -0.134. The SMILES string of the molecule is CN(c1cc(Oc2ccc3c4cc(-c5ccccc5)ccc4n(-c4cc(C(C)(C)C)ccn4)c3c2)cc(C(C)(C)C)c1)c1ccccc1Nc1cc(-c2ccccc2)cc(C(C)(C)C)c1. The molecule has 0 fully saturated rings. The van der Waals surface area contributed by atoms with Gasteiger partial charge in [-0.05, 0) is 128 Å². The summed E-state index contributed by atoms with van der Waals surface area (Å²) in [7, 11) is 2.14. The molecule has 0 aliphatic heterocycles. The second-order valence-electron chi connectivity index (χ2n) is 20.4. The van der Waals surface area contributed by atoms with E-state index < -0.39 is 0 Å². The van der Waals surface area contributed by atoms with Gasteiger partial charge in [-0.25, -0.2) is 4.98 Å². The number of anilines is 4. The molecule has 0 saturated heterocycles. The molecule has 5 nitrogen and oxygen atoms in total. The lowest BCUT2D eigenvalue weighted by Crippen LogP contribution is -2.15. The number of ether oxygens (including phenoxy) is 1. The van der Waals surface area contributed by atoms with E-state index >= 15 is 0 Å². The lowest BCUT2D eigenvalue weighted by Gasteiger charge is -2.27. The fourth-order valence-electron chi connectivity index (χ4n) is 8.63. The van der Waals surface area contributed by atoms with Crippen LogP contribution in [-0.4, -0.2) is 16.6 Å². The Hall–Kier alpha value is -7.11. The van der Waals surface area contributed by atoms with Crippen molar-refractivity contribution in [2.24, 2.45) is 0 Å². The van der Waals surface area contributed by atoms with Gasteiger partial charge in [0.05, 0.1) is 22.4 Å². The van der Waals surface area contributed by atoms with Crippen molar-refractivity contribution in [2.45, 2.75) is 78.6 Å². The van der Waals surface area contributed by atoms with Crippen molar-refractivity contribution in [3.63, 3.8) is 0 Å². The van der Waals surface area contributed by atoms with Crippen LogP contribution in [0.4, 0.5) is 22.7 Å². The Bertz CT molecular complexity index is 3160. The summed E-state index contributed by atoms with van der Waals surface area (Å²) in [5, 5.41) is 6.15. The van der Waals surface area contributed by atoms with E-state index in [-0.39, 0.29) is 16.2 Å². The fraction of sp³-hybridized carbons (Fsp3) is 0.217. The van der Waals surface area contributed by atoms with Gasteiger partial charge in [-0.2, -0.15) is 0 Å². The Kier molecular flexibility index (Phi) is 11.1. The average Bonchev–Trinajstić information content (AvgIpc) is 3.61. The van der Waals surface area contributed by atoms with Crippen molar-refractivity contribution in [1.82, 2.24) is 9.55 Å². The van der Waals surface area contributed by atoms with Crippen LogP contribution in [0.25, 0.3) is 49.9 Å². The third-order valence-electron chi connectivity index (χ3n) is 12.5. The fourth-order valence-corrected chi connectivity index (χ4v) is 8.63. The standard InChI is InChI=1S/C60H60N4O/c1-58(2,3)44-29-30-61-57(37-44)64-54-28-25-42(40-19-13-11-14-20-40)33-52(54)51-27-26-49(39-56(51)64)65-50-36-46(60(7,8)9)35-48(38-50)63(10)55-24-18-17-23-53(55)62-47-32-43(41-21-15-12-16-22-41)31-45(34-47)59(4,5)6/h11-39,62H,1-10H3. The predicted octanol–water partition coefficient (Wildman–Crippen LogP) is 16.7. The van der Waals surface area contributed by atoms with Crippen LogP contribution in [0.3, 0.4) is 0 Å². The molecule has 0 aliphatic carbocycles. The first-order valence-corrected chi connectivity index (χ1v) is 22.7. The van der Waals surface area contributed by atoms with Crippen LogP contribution < -0.4 is 15.0 Å². The molecule has 0 aliphatic rings. The number of aromatic nitrogens is 2. The van der Waals surface area contributed by atoms with Crippen molar-refractivity contribution in [3.8, 4) is 39.6 Å². The maximum atomic E-state index is 6.96. The summed E-state index contributed by atoms with van der Waals surface area (Å²) in [6.45, 7) is 20.3. The smallest absolute Gasteiger partial charge is 0.137 e. The van der Waals surface area contributed by atoms with E-state index in [2.05, 4.69) is 254 Å². The van der Waals surface area contributed by atoms with Gasteiger partial charge in [0.15, 0.2) is 0 Å². The molecule has 0 bridgehead atoms. The van der Waals surface area contributed by atoms with Gasteiger partial charge in [-0.3, -0.25) is 4.57 Å². The van der Waals surface area contributed by atoms with E-state index in [4.69, 9.17) is 9.72 Å². The number of nitrogens with zero attached hydrogens (tertiary/aromatic N) is 3. The van der Waals surface area contributed by atoms with Crippen molar-refractivity contribution in [1.29, 1.82) is 0 Å². The van der Waals surface area contributed by atoms with Gasteiger partial charge in [0.2, 0.25) is 0 Å². The normalized spacial score (nSPS) is 12.2. The molecule has 7 aromatic carbocycles. The lowest BCUT2D eigenvalue weighted by atomic mass is 9.85. The zero-order valence-electron chi connectivity index (χ0n) is 39.5. The van der Waals surface area contributed by atoms with E-state index in [0.717, 1.165) is 56.5 Å². The zero-order chi connectivity index (χ0) is 45.7. The Morgan fingerprint density at radius 1 is 0.477 bits per heavy atom. The molecule has 2 heterocycles. The Balaban J connectivity index is 1.11. The van der Waals surface area contributed by atoms with Gasteiger partial charge in [-0.15, -0.1) is 0 Å². The van der Waals surface area contributed by atoms with Crippen molar-refractivity contribution in [2.75, 3.05) is 17.3 Å². The Morgan fingerprint density at radius 3 is 1.82 bits per heavy atom. The first-order valence-electron chi connectivity index (χ1n) is 22.7. The molecule has 5 heteroatoms. The highest BCUT2D eigenvalue weighted by Gasteiger charge is 2.22. The van der Waals surface area contributed by atoms with Crippen molar-refractivity contribution in [3.05, 3.63) is 193 Å². The zero-order valence-corrected chi connectivity index (χ0v) is 39.5. The van der Waals surface area contributed by atoms with Gasteiger partial charge < -0.3 is 15.0 Å². The van der Waals surface area contributed by atoms with Gasteiger partial charge in [0.25, 0.3) is 0 Å². The summed E-state index contributed by atoms with van der Waals surface area (Å²) in [6, 6.07) is 60.8. The second kappa shape index (κ2) is 16.8. The molecule has 1 N–H and O–H groups in total. The maximum Gasteiger partial charge on any atom is 0.137 e. The lowest BCUT2D eigenvalue weighted by molar-refractivity contribution is 0.479. The molecule has 9 rings (SSSR count). The third-order valence-corrected chi connectivity index (χ3v) is 12.5. The number of hydrogen-bond acceptors (Lipinski definition) is 4. The van der Waals surface area contributed by atoms with E-state index in [1.165, 1.54) is 44.3 Å². The number of fused-ring (bicyclic) bond motifs is 3. The average molecular weight is 853 g/mol. The molecule has 65 heavy (non-hydrogen) atoms. The molecule has 0 saturated carbocycles. The van der Waals surface area contributed by atoms with Gasteiger partial charge in [-0.1, -0.05) is 147 Å². The van der Waals surface area contributed by atoms with Crippen LogP contribution >= 0.6 is 0 Å². The minimum Gasteiger partial charge on any atom is -0.457 e. The first-order chi connectivity index (χ1) is 31.0. The van der Waals surface area contributed by atoms with Crippen LogP contribution in [0, 0.1) is 0 Å². The Morgan fingerprint density at radius 2 is 1.12 bits per heavy atom. The highest BCUT2D eigenvalue weighted by molar-refractivity contribution is 6.10. The van der Waals surface area contributed by atoms with Gasteiger partial charge in [0, 0.05) is 47.5 Å². The number of para-hydroxylation sites is 2. The number of rotatable bonds is 9. The van der Waals surface area contributed by atoms with Gasteiger partial charge >= 0.3 is 0 Å². The van der Waals surface area contributed by atoms with Crippen LogP contribution in [0.15, 0.2) is 176 Å². The van der Waals surface area contributed by atoms with Crippen LogP contribution in [0.2, 0.25) is 0 Å². The first kappa shape index (κ1) is 43.2. The predicted molar refractivity (Wildman–Crippen MR) is 276 cm³/mol. The maximum absolute atomic E-state index is 6.96. The molecular weight excluding hydrogens is 793 g/mol.